The fourth-order valence-electron chi connectivity index (χ4n) is 3.28. The third kappa shape index (κ3) is 6.47. The predicted octanol–water partition coefficient (Wildman–Crippen LogP) is 3.13. The van der Waals surface area contributed by atoms with Crippen LogP contribution in [0.5, 0.6) is 5.75 Å². The second-order valence-corrected chi connectivity index (χ2v) is 7.24. The lowest BCUT2D eigenvalue weighted by atomic mass is 9.92. The summed E-state index contributed by atoms with van der Waals surface area (Å²) in [6.45, 7) is 2.71. The lowest BCUT2D eigenvalue weighted by Crippen LogP contribution is -2.48. The van der Waals surface area contributed by atoms with E-state index in [2.05, 4.69) is 11.0 Å². The number of aliphatic hydroxyl groups is 1. The summed E-state index contributed by atoms with van der Waals surface area (Å²) in [5, 5.41) is 28.5. The highest BCUT2D eigenvalue weighted by Crippen LogP contribution is 2.24. The van der Waals surface area contributed by atoms with Crippen molar-refractivity contribution in [2.45, 2.75) is 24.9 Å². The van der Waals surface area contributed by atoms with Gasteiger partial charge in [0, 0.05) is 19.6 Å². The number of carboxylic acid groups (broad SMARTS) is 1. The van der Waals surface area contributed by atoms with Gasteiger partial charge in [-0.2, -0.15) is 5.26 Å². The molecule has 0 aliphatic carbocycles. The third-order valence-electron chi connectivity index (χ3n) is 5.20. The van der Waals surface area contributed by atoms with Gasteiger partial charge in [-0.15, -0.1) is 12.4 Å². The molecular formula is C22H25ClN2O4. The van der Waals surface area contributed by atoms with E-state index < -0.39 is 11.6 Å². The van der Waals surface area contributed by atoms with Crippen LogP contribution in [0.4, 0.5) is 0 Å². The highest BCUT2D eigenvalue weighted by molar-refractivity contribution is 5.87. The summed E-state index contributed by atoms with van der Waals surface area (Å²) in [4.78, 5) is 13.2. The summed E-state index contributed by atoms with van der Waals surface area (Å²) in [6.07, 6.45) is 2.18. The van der Waals surface area contributed by atoms with E-state index in [1.165, 1.54) is 17.7 Å². The molecule has 0 amide bonds. The second-order valence-electron chi connectivity index (χ2n) is 7.24. The maximum Gasteiger partial charge on any atom is 0.335 e. The number of rotatable bonds is 7. The number of benzene rings is 2. The first-order chi connectivity index (χ1) is 13.5. The number of aromatic carboxylic acids is 1. The number of carboxylic acids is 1. The van der Waals surface area contributed by atoms with Crippen molar-refractivity contribution < 1.29 is 19.7 Å². The Kier molecular flexibility index (Phi) is 8.03. The average molecular weight is 417 g/mol. The Bertz CT molecular complexity index is 839. The van der Waals surface area contributed by atoms with Gasteiger partial charge in [-0.3, -0.25) is 0 Å². The Morgan fingerprint density at radius 2 is 1.72 bits per heavy atom. The molecule has 0 spiro atoms. The molecule has 6 nitrogen and oxygen atoms in total. The Labute approximate surface area is 176 Å². The molecule has 0 unspecified atom stereocenters. The molecule has 0 aromatic heterocycles. The molecule has 2 N–H and O–H groups in total. The first-order valence-corrected chi connectivity index (χ1v) is 9.37. The van der Waals surface area contributed by atoms with E-state index in [-0.39, 0.29) is 24.6 Å². The van der Waals surface area contributed by atoms with Crippen LogP contribution >= 0.6 is 12.4 Å². The minimum atomic E-state index is -0.974. The largest absolute Gasteiger partial charge is 0.491 e. The van der Waals surface area contributed by atoms with Crippen LogP contribution in [0, 0.1) is 11.3 Å². The highest BCUT2D eigenvalue weighted by Gasteiger charge is 2.33. The lowest BCUT2D eigenvalue weighted by Gasteiger charge is -2.38. The molecule has 1 aliphatic heterocycles. The zero-order valence-corrected chi connectivity index (χ0v) is 16.9. The van der Waals surface area contributed by atoms with Gasteiger partial charge in [-0.05, 0) is 61.2 Å². The summed E-state index contributed by atoms with van der Waals surface area (Å²) in [7, 11) is 0. The lowest BCUT2D eigenvalue weighted by molar-refractivity contribution is -0.0521. The van der Waals surface area contributed by atoms with Crippen molar-refractivity contribution in [1.82, 2.24) is 4.90 Å². The van der Waals surface area contributed by atoms with Crippen LogP contribution in [0.15, 0.2) is 48.5 Å². The highest BCUT2D eigenvalue weighted by atomic mass is 35.5. The minimum absolute atomic E-state index is 0. The van der Waals surface area contributed by atoms with Crippen LogP contribution in [0.1, 0.15) is 34.3 Å². The molecule has 0 bridgehead atoms. The standard InChI is InChI=1S/C22H24N2O4.ClH/c23-15-18-3-1-17(2-4-18)9-12-24-13-10-22(27,11-14-24)16-28-20-7-5-19(6-8-20)21(25)26;/h1-8,27H,9-14,16H2,(H,25,26);1H. The molecule has 7 heteroatoms. The number of nitrogens with zero attached hydrogens (tertiary/aromatic N) is 2. The van der Waals surface area contributed by atoms with Crippen LogP contribution < -0.4 is 4.74 Å². The van der Waals surface area contributed by atoms with Crippen LogP contribution in [-0.2, 0) is 6.42 Å². The molecule has 1 fully saturated rings. The monoisotopic (exact) mass is 416 g/mol. The number of ether oxygens (including phenoxy) is 1. The van der Waals surface area contributed by atoms with Gasteiger partial charge in [0.1, 0.15) is 18.0 Å². The SMILES string of the molecule is Cl.N#Cc1ccc(CCN2CCC(O)(COc3ccc(C(=O)O)cc3)CC2)cc1. The summed E-state index contributed by atoms with van der Waals surface area (Å²) in [5.41, 5.74) is 1.22. The van der Waals surface area contributed by atoms with Gasteiger partial charge in [-0.1, -0.05) is 12.1 Å². The summed E-state index contributed by atoms with van der Waals surface area (Å²) >= 11 is 0. The van der Waals surface area contributed by atoms with Gasteiger partial charge in [-0.25, -0.2) is 4.79 Å². The Morgan fingerprint density at radius 1 is 1.10 bits per heavy atom. The van der Waals surface area contributed by atoms with E-state index in [0.29, 0.717) is 24.2 Å². The number of likely N-dealkylation sites (tertiary alicyclic amines) is 1. The topological polar surface area (TPSA) is 93.8 Å². The van der Waals surface area contributed by atoms with Crippen molar-refractivity contribution in [3.63, 3.8) is 0 Å². The molecule has 0 atom stereocenters. The molecule has 1 saturated heterocycles. The van der Waals surface area contributed by atoms with E-state index in [1.54, 1.807) is 12.1 Å². The molecule has 0 saturated carbocycles. The Morgan fingerprint density at radius 3 is 2.28 bits per heavy atom. The van der Waals surface area contributed by atoms with Crippen LogP contribution in [0.3, 0.4) is 0 Å². The zero-order chi connectivity index (χ0) is 20.0. The number of hydrogen-bond acceptors (Lipinski definition) is 5. The van der Waals surface area contributed by atoms with Crippen LogP contribution in [0.25, 0.3) is 0 Å². The number of halogens is 1. The Hall–Kier alpha value is -2.59. The molecule has 154 valence electrons. The molecule has 1 heterocycles. The van der Waals surface area contributed by atoms with Gasteiger partial charge in [0.05, 0.1) is 17.2 Å². The zero-order valence-electron chi connectivity index (χ0n) is 16.1. The van der Waals surface area contributed by atoms with Crippen molar-refractivity contribution in [2.24, 2.45) is 0 Å². The van der Waals surface area contributed by atoms with E-state index in [1.807, 2.05) is 24.3 Å². The van der Waals surface area contributed by atoms with Gasteiger partial charge >= 0.3 is 5.97 Å². The molecule has 0 radical (unpaired) electrons. The second kappa shape index (κ2) is 10.3. The van der Waals surface area contributed by atoms with Gasteiger partial charge in [0.25, 0.3) is 0 Å². The third-order valence-corrected chi connectivity index (χ3v) is 5.20. The molecule has 2 aromatic carbocycles. The Balaban J connectivity index is 0.00000300. The van der Waals surface area contributed by atoms with E-state index in [4.69, 9.17) is 15.1 Å². The summed E-state index contributed by atoms with van der Waals surface area (Å²) < 4.78 is 5.68. The fraction of sp³-hybridized carbons (Fsp3) is 0.364. The normalized spacial score (nSPS) is 15.7. The predicted molar refractivity (Wildman–Crippen MR) is 112 cm³/mol. The first kappa shape index (κ1) is 22.7. The van der Waals surface area contributed by atoms with Crippen molar-refractivity contribution >= 4 is 18.4 Å². The molecule has 3 rings (SSSR count). The quantitative estimate of drug-likeness (QED) is 0.720. The van der Waals surface area contributed by atoms with Crippen molar-refractivity contribution in [3.8, 4) is 11.8 Å². The van der Waals surface area contributed by atoms with Crippen LogP contribution in [0.2, 0.25) is 0 Å². The maximum atomic E-state index is 10.9. The van der Waals surface area contributed by atoms with Crippen molar-refractivity contribution in [1.29, 1.82) is 5.26 Å². The molecular weight excluding hydrogens is 392 g/mol. The summed E-state index contributed by atoms with van der Waals surface area (Å²) in [6, 6.07) is 16.0. The van der Waals surface area contributed by atoms with Gasteiger partial charge in [0.15, 0.2) is 0 Å². The smallest absolute Gasteiger partial charge is 0.335 e. The van der Waals surface area contributed by atoms with Crippen LogP contribution in [-0.4, -0.2) is 52.9 Å². The maximum absolute atomic E-state index is 10.9. The number of nitriles is 1. The van der Waals surface area contributed by atoms with Crippen molar-refractivity contribution in [2.75, 3.05) is 26.2 Å². The number of hydrogen-bond donors (Lipinski definition) is 2. The molecule has 2 aromatic rings. The van der Waals surface area contributed by atoms with E-state index in [9.17, 15) is 9.90 Å². The van der Waals surface area contributed by atoms with Crippen molar-refractivity contribution in [3.05, 3.63) is 65.2 Å². The van der Waals surface area contributed by atoms with Gasteiger partial charge in [0.2, 0.25) is 0 Å². The molecule has 1 aliphatic rings. The van der Waals surface area contributed by atoms with E-state index in [0.717, 1.165) is 26.1 Å². The number of piperidine rings is 1. The summed E-state index contributed by atoms with van der Waals surface area (Å²) in [5.74, 6) is -0.416. The average Bonchev–Trinajstić information content (AvgIpc) is 2.73. The minimum Gasteiger partial charge on any atom is -0.491 e. The molecule has 29 heavy (non-hydrogen) atoms. The fourth-order valence-corrected chi connectivity index (χ4v) is 3.28. The first-order valence-electron chi connectivity index (χ1n) is 9.37. The van der Waals surface area contributed by atoms with Gasteiger partial charge < -0.3 is 19.8 Å². The number of carbonyl (C=O) groups is 1. The van der Waals surface area contributed by atoms with E-state index >= 15 is 0 Å².